The molecule has 0 aliphatic carbocycles. The SMILES string of the molecule is CCOc1cccc(-c2csn2N=N)c1. The van der Waals surface area contributed by atoms with Crippen LogP contribution in [-0.4, -0.2) is 10.7 Å². The lowest BCUT2D eigenvalue weighted by Gasteiger charge is -2.10. The van der Waals surface area contributed by atoms with Gasteiger partial charge in [-0.25, -0.2) is 0 Å². The summed E-state index contributed by atoms with van der Waals surface area (Å²) in [4.78, 5) is 0. The molecule has 0 atom stereocenters. The molecule has 15 heavy (non-hydrogen) atoms. The van der Waals surface area contributed by atoms with E-state index in [1.54, 1.807) is 4.07 Å². The summed E-state index contributed by atoms with van der Waals surface area (Å²) < 4.78 is 6.96. The highest BCUT2D eigenvalue weighted by molar-refractivity contribution is 7.06. The molecule has 0 aliphatic heterocycles. The van der Waals surface area contributed by atoms with E-state index in [9.17, 15) is 0 Å². The molecule has 0 aliphatic rings. The first-order chi connectivity index (χ1) is 7.35. The van der Waals surface area contributed by atoms with Gasteiger partial charge in [0.25, 0.3) is 0 Å². The Kier molecular flexibility index (Phi) is 2.82. The standard InChI is InChI=1S/C10H11N3OS/c1-2-14-9-5-3-4-8(6-9)10-7-15-13(10)12-11/h3-7,11H,2H2,1H3. The van der Waals surface area contributed by atoms with E-state index in [-0.39, 0.29) is 0 Å². The molecule has 4 nitrogen and oxygen atoms in total. The maximum Gasteiger partial charge on any atom is 0.119 e. The molecule has 1 aromatic heterocycles. The topological polar surface area (TPSA) is 50.4 Å². The van der Waals surface area contributed by atoms with Crippen LogP contribution in [0.2, 0.25) is 0 Å². The van der Waals surface area contributed by atoms with Crippen LogP contribution in [0.1, 0.15) is 6.92 Å². The first-order valence-corrected chi connectivity index (χ1v) is 5.46. The van der Waals surface area contributed by atoms with Crippen molar-refractivity contribution in [2.45, 2.75) is 6.92 Å². The zero-order valence-electron chi connectivity index (χ0n) is 8.30. The third-order valence-electron chi connectivity index (χ3n) is 2.00. The van der Waals surface area contributed by atoms with Gasteiger partial charge < -0.3 is 4.74 Å². The average molecular weight is 221 g/mol. The summed E-state index contributed by atoms with van der Waals surface area (Å²) in [5.41, 5.74) is 8.90. The second-order valence-corrected chi connectivity index (χ2v) is 3.73. The molecule has 0 fully saturated rings. The summed E-state index contributed by atoms with van der Waals surface area (Å²) in [5, 5.41) is 5.33. The molecule has 1 heterocycles. The van der Waals surface area contributed by atoms with Crippen LogP contribution in [0.4, 0.5) is 0 Å². The van der Waals surface area contributed by atoms with Gasteiger partial charge in [-0.1, -0.05) is 17.4 Å². The van der Waals surface area contributed by atoms with Crippen molar-refractivity contribution in [3.63, 3.8) is 0 Å². The fourth-order valence-electron chi connectivity index (χ4n) is 1.32. The van der Waals surface area contributed by atoms with Gasteiger partial charge in [0.05, 0.1) is 12.3 Å². The first kappa shape index (κ1) is 9.92. The van der Waals surface area contributed by atoms with Crippen LogP contribution in [0, 0.1) is 5.53 Å². The lowest BCUT2D eigenvalue weighted by molar-refractivity contribution is 0.340. The highest BCUT2D eigenvalue weighted by atomic mass is 32.1. The maximum atomic E-state index is 6.93. The molecule has 0 saturated carbocycles. The minimum atomic E-state index is 0.657. The van der Waals surface area contributed by atoms with Crippen molar-refractivity contribution in [3.05, 3.63) is 29.6 Å². The molecule has 0 unspecified atom stereocenters. The molecule has 0 amide bonds. The smallest absolute Gasteiger partial charge is 0.119 e. The second-order valence-electron chi connectivity index (χ2n) is 2.94. The van der Waals surface area contributed by atoms with Gasteiger partial charge in [0.15, 0.2) is 0 Å². The summed E-state index contributed by atoms with van der Waals surface area (Å²) >= 11 is 1.40. The van der Waals surface area contributed by atoms with E-state index in [4.69, 9.17) is 10.3 Å². The van der Waals surface area contributed by atoms with E-state index in [0.717, 1.165) is 17.0 Å². The van der Waals surface area contributed by atoms with Gasteiger partial charge in [-0.3, -0.25) is 0 Å². The van der Waals surface area contributed by atoms with Crippen LogP contribution in [-0.2, 0) is 0 Å². The Morgan fingerprint density at radius 1 is 1.53 bits per heavy atom. The first-order valence-electron chi connectivity index (χ1n) is 4.63. The van der Waals surface area contributed by atoms with Crippen LogP contribution in [0.5, 0.6) is 5.75 Å². The molecule has 0 bridgehead atoms. The minimum Gasteiger partial charge on any atom is -0.494 e. The van der Waals surface area contributed by atoms with Gasteiger partial charge in [-0.05, 0) is 30.6 Å². The third-order valence-corrected chi connectivity index (χ3v) is 2.81. The van der Waals surface area contributed by atoms with E-state index >= 15 is 0 Å². The molecule has 5 heteroatoms. The fraction of sp³-hybridized carbons (Fsp3) is 0.200. The predicted octanol–water partition coefficient (Wildman–Crippen LogP) is 3.41. The van der Waals surface area contributed by atoms with Gasteiger partial charge in [-0.15, -0.1) is 0 Å². The second kappa shape index (κ2) is 4.27. The molecule has 78 valence electrons. The highest BCUT2D eigenvalue weighted by Crippen LogP contribution is 2.28. The number of aromatic nitrogens is 1. The van der Waals surface area contributed by atoms with Gasteiger partial charge in [0, 0.05) is 10.9 Å². The highest BCUT2D eigenvalue weighted by Gasteiger charge is 2.07. The summed E-state index contributed by atoms with van der Waals surface area (Å²) in [6.45, 7) is 2.61. The van der Waals surface area contributed by atoms with Crippen LogP contribution < -0.4 is 4.74 Å². The molecular weight excluding hydrogens is 210 g/mol. The molecule has 1 aromatic carbocycles. The zero-order valence-corrected chi connectivity index (χ0v) is 9.12. The summed E-state index contributed by atoms with van der Waals surface area (Å²) in [7, 11) is 0. The molecule has 0 spiro atoms. The molecule has 2 rings (SSSR count). The van der Waals surface area contributed by atoms with Crippen molar-refractivity contribution >= 4 is 11.5 Å². The molecule has 0 saturated heterocycles. The lowest BCUT2D eigenvalue weighted by Crippen LogP contribution is -1.96. The average Bonchev–Trinajstić information content (AvgIpc) is 2.18. The summed E-state index contributed by atoms with van der Waals surface area (Å²) in [6, 6.07) is 7.79. The summed E-state index contributed by atoms with van der Waals surface area (Å²) in [6.07, 6.45) is 0. The van der Waals surface area contributed by atoms with Gasteiger partial charge in [0.1, 0.15) is 5.75 Å². The number of benzene rings is 1. The Bertz CT molecular complexity index is 461. The van der Waals surface area contributed by atoms with E-state index in [1.807, 2.05) is 36.6 Å². The van der Waals surface area contributed by atoms with E-state index in [2.05, 4.69) is 5.22 Å². The van der Waals surface area contributed by atoms with Crippen molar-refractivity contribution in [1.82, 2.24) is 4.07 Å². The van der Waals surface area contributed by atoms with Crippen molar-refractivity contribution in [3.8, 4) is 17.0 Å². The van der Waals surface area contributed by atoms with Gasteiger partial charge in [-0.2, -0.15) is 9.60 Å². The van der Waals surface area contributed by atoms with Crippen LogP contribution in [0.25, 0.3) is 11.3 Å². The van der Waals surface area contributed by atoms with Crippen molar-refractivity contribution < 1.29 is 4.74 Å². The number of rotatable bonds is 4. The Hall–Kier alpha value is -1.62. The lowest BCUT2D eigenvalue weighted by atomic mass is 10.2. The Morgan fingerprint density at radius 2 is 2.40 bits per heavy atom. The van der Waals surface area contributed by atoms with E-state index < -0.39 is 0 Å². The quantitative estimate of drug-likeness (QED) is 0.790. The van der Waals surface area contributed by atoms with Crippen LogP contribution in [0.3, 0.4) is 0 Å². The number of nitrogens with zero attached hydrogens (tertiary/aromatic N) is 2. The molecule has 0 radical (unpaired) electrons. The molecule has 2 aromatic rings. The fourth-order valence-corrected chi connectivity index (χ4v) is 1.91. The number of nitrogens with one attached hydrogen (secondary N) is 1. The van der Waals surface area contributed by atoms with Gasteiger partial charge >= 0.3 is 0 Å². The van der Waals surface area contributed by atoms with Crippen LogP contribution in [0.15, 0.2) is 34.9 Å². The normalized spacial score (nSPS) is 10.2. The minimum absolute atomic E-state index is 0.657. The number of ether oxygens (including phenoxy) is 1. The van der Waals surface area contributed by atoms with E-state index in [1.165, 1.54) is 11.5 Å². The van der Waals surface area contributed by atoms with Crippen molar-refractivity contribution in [1.29, 1.82) is 5.53 Å². The van der Waals surface area contributed by atoms with Crippen molar-refractivity contribution in [2.24, 2.45) is 5.22 Å². The Labute approximate surface area is 91.7 Å². The van der Waals surface area contributed by atoms with Crippen LogP contribution >= 0.6 is 11.5 Å². The predicted molar refractivity (Wildman–Crippen MR) is 59.5 cm³/mol. The number of hydrogen-bond donors (Lipinski definition) is 1. The Morgan fingerprint density at radius 3 is 3.00 bits per heavy atom. The summed E-state index contributed by atoms with van der Waals surface area (Å²) in [5.74, 6) is 0.845. The molecule has 1 N–H and O–H groups in total. The van der Waals surface area contributed by atoms with Crippen molar-refractivity contribution in [2.75, 3.05) is 6.61 Å². The third kappa shape index (κ3) is 1.92. The Balaban J connectivity index is 2.30. The maximum absolute atomic E-state index is 6.93. The number of hydrogen-bond acceptors (Lipinski definition) is 4. The zero-order chi connectivity index (χ0) is 10.7. The molecular formula is C10H11N3OS. The monoisotopic (exact) mass is 221 g/mol. The van der Waals surface area contributed by atoms with E-state index in [0.29, 0.717) is 6.61 Å². The largest absolute Gasteiger partial charge is 0.494 e. The van der Waals surface area contributed by atoms with Gasteiger partial charge in [0.2, 0.25) is 0 Å².